The first-order chi connectivity index (χ1) is 17.8. The average Bonchev–Trinajstić information content (AvgIpc) is 3.34. The van der Waals surface area contributed by atoms with Crippen LogP contribution < -0.4 is 0 Å². The van der Waals surface area contributed by atoms with Gasteiger partial charge < -0.3 is 9.47 Å². The second kappa shape index (κ2) is 10.1. The third-order valence-electron chi connectivity index (χ3n) is 7.62. The van der Waals surface area contributed by atoms with E-state index in [1.54, 1.807) is 6.20 Å². The second-order valence-corrected chi connectivity index (χ2v) is 9.87. The Morgan fingerprint density at radius 3 is 2.42 bits per heavy atom. The van der Waals surface area contributed by atoms with Crippen molar-refractivity contribution in [1.82, 2.24) is 34.5 Å². The molecule has 1 aromatic carbocycles. The van der Waals surface area contributed by atoms with E-state index in [4.69, 9.17) is 4.98 Å². The molecule has 2 aliphatic rings. The highest BCUT2D eigenvalue weighted by molar-refractivity contribution is 5.81. The quantitative estimate of drug-likeness (QED) is 0.429. The molecule has 4 aromatic rings. The number of benzene rings is 1. The van der Waals surface area contributed by atoms with Crippen molar-refractivity contribution >= 4 is 16.9 Å². The number of fused-ring (bicyclic) bond motifs is 1. The Morgan fingerprint density at radius 1 is 0.861 bits per heavy atom. The number of para-hydroxylation sites is 2. The van der Waals surface area contributed by atoms with E-state index in [0.717, 1.165) is 81.0 Å². The van der Waals surface area contributed by atoms with E-state index in [2.05, 4.69) is 47.7 Å². The number of piperidine rings is 2. The molecule has 0 bridgehead atoms. The number of nitrogens with zero attached hydrogens (tertiary/aromatic N) is 7. The number of hydrogen-bond donors (Lipinski definition) is 0. The van der Waals surface area contributed by atoms with Crippen molar-refractivity contribution in [3.8, 4) is 11.5 Å². The van der Waals surface area contributed by atoms with Crippen LogP contribution in [0.15, 0.2) is 67.1 Å². The lowest BCUT2D eigenvalue weighted by Gasteiger charge is -2.38. The minimum atomic E-state index is 0.131. The Labute approximate surface area is 211 Å². The standard InChI is InChI=1S/C28H31N7O/c36-28(22-9-15-33(16-10-22)20-21-8-14-30-31-19-21)34-17-11-23(12-18-34)35-26-7-2-1-5-24(26)32-27(35)25-6-3-4-13-29-25/h1-8,13-14,19,22-23H,9-12,15-18,20H2. The van der Waals surface area contributed by atoms with Gasteiger partial charge in [0.15, 0.2) is 5.82 Å². The molecule has 0 saturated carbocycles. The smallest absolute Gasteiger partial charge is 0.225 e. The topological polar surface area (TPSA) is 80.0 Å². The zero-order valence-corrected chi connectivity index (χ0v) is 20.4. The molecule has 1 amide bonds. The van der Waals surface area contributed by atoms with Crippen molar-refractivity contribution in [1.29, 1.82) is 0 Å². The maximum absolute atomic E-state index is 13.4. The summed E-state index contributed by atoms with van der Waals surface area (Å²) in [5.41, 5.74) is 4.20. The van der Waals surface area contributed by atoms with Gasteiger partial charge in [0, 0.05) is 44.0 Å². The monoisotopic (exact) mass is 481 g/mol. The molecule has 6 rings (SSSR count). The van der Waals surface area contributed by atoms with Crippen LogP contribution in [0.5, 0.6) is 0 Å². The van der Waals surface area contributed by atoms with Gasteiger partial charge in [-0.3, -0.25) is 14.7 Å². The SMILES string of the molecule is O=C(C1CCN(Cc2ccnnc2)CC1)N1CCC(n2c(-c3ccccn3)nc3ccccc32)CC1. The fourth-order valence-corrected chi connectivity index (χ4v) is 5.70. The van der Waals surface area contributed by atoms with Gasteiger partial charge in [0.2, 0.25) is 5.91 Å². The minimum Gasteiger partial charge on any atom is -0.342 e. The molecule has 2 fully saturated rings. The third-order valence-corrected chi connectivity index (χ3v) is 7.62. The molecule has 5 heterocycles. The van der Waals surface area contributed by atoms with Gasteiger partial charge in [-0.15, -0.1) is 0 Å². The van der Waals surface area contributed by atoms with Crippen molar-refractivity contribution < 1.29 is 4.79 Å². The maximum atomic E-state index is 13.4. The highest BCUT2D eigenvalue weighted by Gasteiger charge is 2.32. The first kappa shape index (κ1) is 22.8. The molecule has 36 heavy (non-hydrogen) atoms. The summed E-state index contributed by atoms with van der Waals surface area (Å²) in [4.78, 5) is 27.4. The maximum Gasteiger partial charge on any atom is 0.225 e. The van der Waals surface area contributed by atoms with Gasteiger partial charge in [-0.2, -0.15) is 10.2 Å². The van der Waals surface area contributed by atoms with Crippen molar-refractivity contribution in [3.63, 3.8) is 0 Å². The largest absolute Gasteiger partial charge is 0.342 e. The van der Waals surface area contributed by atoms with Crippen LogP contribution in [0.1, 0.15) is 37.3 Å². The highest BCUT2D eigenvalue weighted by Crippen LogP contribution is 2.33. The number of pyridine rings is 1. The molecule has 3 aromatic heterocycles. The number of rotatable bonds is 5. The van der Waals surface area contributed by atoms with Gasteiger partial charge in [-0.05, 0) is 74.7 Å². The summed E-state index contributed by atoms with van der Waals surface area (Å²) in [6.07, 6.45) is 9.09. The summed E-state index contributed by atoms with van der Waals surface area (Å²) in [6, 6.07) is 16.6. The number of carbonyl (C=O) groups is 1. The first-order valence-electron chi connectivity index (χ1n) is 12.9. The summed E-state index contributed by atoms with van der Waals surface area (Å²) < 4.78 is 2.35. The average molecular weight is 482 g/mol. The molecule has 8 heteroatoms. The summed E-state index contributed by atoms with van der Waals surface area (Å²) >= 11 is 0. The van der Waals surface area contributed by atoms with Crippen LogP contribution in [0.3, 0.4) is 0 Å². The van der Waals surface area contributed by atoms with E-state index in [9.17, 15) is 4.79 Å². The van der Waals surface area contributed by atoms with Crippen molar-refractivity contribution in [2.75, 3.05) is 26.2 Å². The van der Waals surface area contributed by atoms with Crippen LogP contribution in [0, 0.1) is 5.92 Å². The number of aromatic nitrogens is 5. The van der Waals surface area contributed by atoms with E-state index in [1.165, 1.54) is 5.56 Å². The van der Waals surface area contributed by atoms with Gasteiger partial charge in [0.1, 0.15) is 5.69 Å². The molecular weight excluding hydrogens is 450 g/mol. The van der Waals surface area contributed by atoms with Gasteiger partial charge >= 0.3 is 0 Å². The second-order valence-electron chi connectivity index (χ2n) is 9.87. The number of carbonyl (C=O) groups excluding carboxylic acids is 1. The van der Waals surface area contributed by atoms with Crippen LogP contribution in [-0.2, 0) is 11.3 Å². The van der Waals surface area contributed by atoms with Crippen molar-refractivity contribution in [3.05, 3.63) is 72.7 Å². The van der Waals surface area contributed by atoms with E-state index < -0.39 is 0 Å². The molecule has 0 unspecified atom stereocenters. The van der Waals surface area contributed by atoms with Crippen LogP contribution in [-0.4, -0.2) is 66.6 Å². The van der Waals surface area contributed by atoms with Gasteiger partial charge in [0.05, 0.1) is 17.2 Å². The predicted octanol–water partition coefficient (Wildman–Crippen LogP) is 3.96. The van der Waals surface area contributed by atoms with Crippen LogP contribution in [0.2, 0.25) is 0 Å². The molecule has 184 valence electrons. The molecule has 2 aliphatic heterocycles. The lowest BCUT2D eigenvalue weighted by molar-refractivity contribution is -0.138. The lowest BCUT2D eigenvalue weighted by Crippen LogP contribution is -2.45. The van der Waals surface area contributed by atoms with Crippen LogP contribution in [0.4, 0.5) is 0 Å². The zero-order valence-electron chi connectivity index (χ0n) is 20.4. The lowest BCUT2D eigenvalue weighted by atomic mass is 9.93. The Morgan fingerprint density at radius 2 is 1.67 bits per heavy atom. The van der Waals surface area contributed by atoms with Gasteiger partial charge in [-0.1, -0.05) is 18.2 Å². The molecule has 0 aliphatic carbocycles. The molecule has 0 atom stereocenters. The summed E-state index contributed by atoms with van der Waals surface area (Å²) in [5, 5.41) is 7.83. The summed E-state index contributed by atoms with van der Waals surface area (Å²) in [6.45, 7) is 4.35. The van der Waals surface area contributed by atoms with Crippen molar-refractivity contribution in [2.45, 2.75) is 38.3 Å². The number of hydrogen-bond acceptors (Lipinski definition) is 6. The number of imidazole rings is 1. The molecule has 0 spiro atoms. The number of likely N-dealkylation sites (tertiary alicyclic amines) is 2. The van der Waals surface area contributed by atoms with E-state index in [-0.39, 0.29) is 5.92 Å². The Bertz CT molecular complexity index is 1310. The third kappa shape index (κ3) is 4.60. The van der Waals surface area contributed by atoms with E-state index in [1.807, 2.05) is 42.7 Å². The molecular formula is C28H31N7O. The van der Waals surface area contributed by atoms with Gasteiger partial charge in [-0.25, -0.2) is 4.98 Å². The highest BCUT2D eigenvalue weighted by atomic mass is 16.2. The Balaban J connectivity index is 1.10. The Kier molecular flexibility index (Phi) is 6.42. The predicted molar refractivity (Wildman–Crippen MR) is 138 cm³/mol. The molecule has 0 N–H and O–H groups in total. The summed E-state index contributed by atoms with van der Waals surface area (Å²) in [5.74, 6) is 1.38. The van der Waals surface area contributed by atoms with Crippen LogP contribution in [0.25, 0.3) is 22.6 Å². The summed E-state index contributed by atoms with van der Waals surface area (Å²) in [7, 11) is 0. The van der Waals surface area contributed by atoms with Crippen LogP contribution >= 0.6 is 0 Å². The van der Waals surface area contributed by atoms with E-state index >= 15 is 0 Å². The molecule has 8 nitrogen and oxygen atoms in total. The first-order valence-corrected chi connectivity index (χ1v) is 12.9. The van der Waals surface area contributed by atoms with Gasteiger partial charge in [0.25, 0.3) is 0 Å². The molecule has 2 saturated heterocycles. The fourth-order valence-electron chi connectivity index (χ4n) is 5.70. The normalized spacial score (nSPS) is 18.1. The minimum absolute atomic E-state index is 0.131. The van der Waals surface area contributed by atoms with E-state index in [0.29, 0.717) is 11.9 Å². The number of amides is 1. The Hall–Kier alpha value is -3.65. The van der Waals surface area contributed by atoms with Crippen molar-refractivity contribution in [2.24, 2.45) is 5.92 Å². The molecule has 0 radical (unpaired) electrons. The fraction of sp³-hybridized carbons (Fsp3) is 0.393. The zero-order chi connectivity index (χ0) is 24.3.